The molecule has 0 spiro atoms. The van der Waals surface area contributed by atoms with Crippen LogP contribution < -0.4 is 5.32 Å². The largest absolute Gasteiger partial charge is 0.314 e. The Hall–Kier alpha value is -0.0400. The summed E-state index contributed by atoms with van der Waals surface area (Å²) in [6.45, 7) is 8.48. The quantitative estimate of drug-likeness (QED) is 0.760. The summed E-state index contributed by atoms with van der Waals surface area (Å²) in [5.41, 5.74) is 0.527. The summed E-state index contributed by atoms with van der Waals surface area (Å²) in [6.07, 6.45) is 10.1. The summed E-state index contributed by atoms with van der Waals surface area (Å²) in [4.78, 5) is 0. The Morgan fingerprint density at radius 1 is 0.938 bits per heavy atom. The van der Waals surface area contributed by atoms with Crippen LogP contribution in [0.4, 0.5) is 0 Å². The minimum atomic E-state index is 0.527. The highest BCUT2D eigenvalue weighted by Crippen LogP contribution is 2.38. The summed E-state index contributed by atoms with van der Waals surface area (Å²) in [5.74, 6) is 2.03. The SMILES string of the molecule is CC(C)(C)C1CCC(NCCC2CC2)CC1. The normalized spacial score (nSPS) is 31.7. The van der Waals surface area contributed by atoms with Gasteiger partial charge in [-0.1, -0.05) is 33.6 Å². The Morgan fingerprint density at radius 2 is 1.56 bits per heavy atom. The van der Waals surface area contributed by atoms with Gasteiger partial charge >= 0.3 is 0 Å². The molecular weight excluding hydrogens is 194 g/mol. The van der Waals surface area contributed by atoms with Gasteiger partial charge in [-0.3, -0.25) is 0 Å². The first-order valence-electron chi connectivity index (χ1n) is 7.29. The Morgan fingerprint density at radius 3 is 2.06 bits per heavy atom. The second-order valence-corrected chi connectivity index (χ2v) is 7.10. The van der Waals surface area contributed by atoms with Crippen molar-refractivity contribution in [2.75, 3.05) is 6.54 Å². The lowest BCUT2D eigenvalue weighted by molar-refractivity contribution is 0.160. The highest BCUT2D eigenvalue weighted by molar-refractivity contribution is 4.83. The molecule has 1 N–H and O–H groups in total. The summed E-state index contributed by atoms with van der Waals surface area (Å²) >= 11 is 0. The molecular formula is C15H29N. The van der Waals surface area contributed by atoms with Gasteiger partial charge in [0.2, 0.25) is 0 Å². The van der Waals surface area contributed by atoms with Gasteiger partial charge in [0.05, 0.1) is 0 Å². The Kier molecular flexibility index (Phi) is 3.94. The average Bonchev–Trinajstić information content (AvgIpc) is 3.01. The van der Waals surface area contributed by atoms with E-state index in [2.05, 4.69) is 26.1 Å². The lowest BCUT2D eigenvalue weighted by Gasteiger charge is -2.37. The molecule has 0 atom stereocenters. The van der Waals surface area contributed by atoms with E-state index < -0.39 is 0 Å². The first-order chi connectivity index (χ1) is 7.55. The first kappa shape index (κ1) is 12.4. The van der Waals surface area contributed by atoms with E-state index in [1.807, 2.05) is 0 Å². The molecule has 0 aromatic rings. The maximum Gasteiger partial charge on any atom is 0.00672 e. The van der Waals surface area contributed by atoms with Crippen molar-refractivity contribution in [3.05, 3.63) is 0 Å². The van der Waals surface area contributed by atoms with Crippen LogP contribution in [0.5, 0.6) is 0 Å². The molecule has 2 saturated carbocycles. The van der Waals surface area contributed by atoms with Crippen molar-refractivity contribution >= 4 is 0 Å². The van der Waals surface area contributed by atoms with E-state index in [-0.39, 0.29) is 0 Å². The van der Waals surface area contributed by atoms with Crippen LogP contribution in [-0.2, 0) is 0 Å². The molecule has 1 heteroatoms. The van der Waals surface area contributed by atoms with E-state index in [9.17, 15) is 0 Å². The molecule has 2 aliphatic carbocycles. The number of hydrogen-bond donors (Lipinski definition) is 1. The molecule has 2 aliphatic rings. The van der Waals surface area contributed by atoms with Crippen LogP contribution in [0.1, 0.15) is 65.7 Å². The molecule has 0 bridgehead atoms. The van der Waals surface area contributed by atoms with Gasteiger partial charge in [-0.25, -0.2) is 0 Å². The van der Waals surface area contributed by atoms with Crippen molar-refractivity contribution in [2.45, 2.75) is 71.8 Å². The van der Waals surface area contributed by atoms with Gasteiger partial charge in [0.15, 0.2) is 0 Å². The zero-order valence-electron chi connectivity index (χ0n) is 11.4. The topological polar surface area (TPSA) is 12.0 Å². The molecule has 0 amide bonds. The molecule has 0 unspecified atom stereocenters. The Bertz CT molecular complexity index is 204. The zero-order chi connectivity index (χ0) is 11.6. The summed E-state index contributed by atoms with van der Waals surface area (Å²) < 4.78 is 0. The standard InChI is InChI=1S/C15H29N/c1-15(2,3)13-6-8-14(9-7-13)16-11-10-12-4-5-12/h12-14,16H,4-11H2,1-3H3. The van der Waals surface area contributed by atoms with Gasteiger partial charge in [0.1, 0.15) is 0 Å². The maximum absolute atomic E-state index is 3.76. The minimum Gasteiger partial charge on any atom is -0.314 e. The Balaban J connectivity index is 1.60. The Labute approximate surface area is 101 Å². The van der Waals surface area contributed by atoms with Gasteiger partial charge in [-0.2, -0.15) is 0 Å². The second-order valence-electron chi connectivity index (χ2n) is 7.10. The fraction of sp³-hybridized carbons (Fsp3) is 1.00. The highest BCUT2D eigenvalue weighted by Gasteiger charge is 2.29. The van der Waals surface area contributed by atoms with E-state index in [1.54, 1.807) is 0 Å². The number of nitrogens with one attached hydrogen (secondary N) is 1. The van der Waals surface area contributed by atoms with Crippen molar-refractivity contribution in [2.24, 2.45) is 17.3 Å². The van der Waals surface area contributed by atoms with Crippen LogP contribution in [0.25, 0.3) is 0 Å². The zero-order valence-corrected chi connectivity index (χ0v) is 11.4. The molecule has 2 rings (SSSR count). The third-order valence-corrected chi connectivity index (χ3v) is 4.63. The van der Waals surface area contributed by atoms with E-state index in [4.69, 9.17) is 0 Å². The molecule has 1 nitrogen and oxygen atoms in total. The van der Waals surface area contributed by atoms with Gasteiger partial charge < -0.3 is 5.32 Å². The molecule has 0 radical (unpaired) electrons. The van der Waals surface area contributed by atoms with E-state index in [1.165, 1.54) is 51.5 Å². The predicted octanol–water partition coefficient (Wildman–Crippen LogP) is 3.98. The van der Waals surface area contributed by atoms with Crippen LogP contribution in [0, 0.1) is 17.3 Å². The van der Waals surface area contributed by atoms with Gasteiger partial charge in [0, 0.05) is 6.04 Å². The number of rotatable bonds is 4. The highest BCUT2D eigenvalue weighted by atomic mass is 14.9. The number of hydrogen-bond acceptors (Lipinski definition) is 1. The molecule has 0 aliphatic heterocycles. The lowest BCUT2D eigenvalue weighted by Crippen LogP contribution is -2.36. The molecule has 94 valence electrons. The van der Waals surface area contributed by atoms with E-state index in [0.717, 1.165) is 17.9 Å². The second kappa shape index (κ2) is 5.08. The van der Waals surface area contributed by atoms with Crippen LogP contribution >= 0.6 is 0 Å². The van der Waals surface area contributed by atoms with Crippen molar-refractivity contribution in [3.63, 3.8) is 0 Å². The summed E-state index contributed by atoms with van der Waals surface area (Å²) in [5, 5.41) is 3.76. The van der Waals surface area contributed by atoms with Crippen LogP contribution in [0.3, 0.4) is 0 Å². The van der Waals surface area contributed by atoms with Crippen molar-refractivity contribution in [3.8, 4) is 0 Å². The van der Waals surface area contributed by atoms with E-state index in [0.29, 0.717) is 5.41 Å². The molecule has 2 fully saturated rings. The third-order valence-electron chi connectivity index (χ3n) is 4.63. The average molecular weight is 223 g/mol. The molecule has 0 aromatic heterocycles. The van der Waals surface area contributed by atoms with E-state index >= 15 is 0 Å². The van der Waals surface area contributed by atoms with Crippen molar-refractivity contribution < 1.29 is 0 Å². The first-order valence-corrected chi connectivity index (χ1v) is 7.29. The molecule has 16 heavy (non-hydrogen) atoms. The van der Waals surface area contributed by atoms with Gasteiger partial charge in [-0.05, 0) is 55.9 Å². The van der Waals surface area contributed by atoms with Crippen molar-refractivity contribution in [1.29, 1.82) is 0 Å². The van der Waals surface area contributed by atoms with Gasteiger partial charge in [-0.15, -0.1) is 0 Å². The minimum absolute atomic E-state index is 0.527. The molecule has 0 heterocycles. The predicted molar refractivity (Wildman–Crippen MR) is 70.5 cm³/mol. The maximum atomic E-state index is 3.76. The van der Waals surface area contributed by atoms with Crippen LogP contribution in [0.2, 0.25) is 0 Å². The smallest absolute Gasteiger partial charge is 0.00672 e. The van der Waals surface area contributed by atoms with Gasteiger partial charge in [0.25, 0.3) is 0 Å². The third kappa shape index (κ3) is 3.76. The molecule has 0 saturated heterocycles. The lowest BCUT2D eigenvalue weighted by atomic mass is 9.71. The van der Waals surface area contributed by atoms with Crippen molar-refractivity contribution in [1.82, 2.24) is 5.32 Å². The molecule has 0 aromatic carbocycles. The fourth-order valence-electron chi connectivity index (χ4n) is 3.06. The van der Waals surface area contributed by atoms with Crippen LogP contribution in [-0.4, -0.2) is 12.6 Å². The monoisotopic (exact) mass is 223 g/mol. The summed E-state index contributed by atoms with van der Waals surface area (Å²) in [7, 11) is 0. The van der Waals surface area contributed by atoms with Crippen LogP contribution in [0.15, 0.2) is 0 Å². The summed E-state index contributed by atoms with van der Waals surface area (Å²) in [6, 6.07) is 0.831. The fourth-order valence-corrected chi connectivity index (χ4v) is 3.06.